The lowest BCUT2D eigenvalue weighted by Crippen LogP contribution is -2.42. The Balaban J connectivity index is 1.40. The zero-order chi connectivity index (χ0) is 27.9. The van der Waals surface area contributed by atoms with Crippen LogP contribution in [0.25, 0.3) is 11.4 Å². The fraction of sp³-hybridized carbons (Fsp3) is 0.241. The van der Waals surface area contributed by atoms with Crippen LogP contribution < -0.4 is 15.4 Å². The molecular formula is C29H30FN5O4. The molecule has 2 aromatic carbocycles. The second-order valence-corrected chi connectivity index (χ2v) is 9.07. The molecular weight excluding hydrogens is 501 g/mol. The van der Waals surface area contributed by atoms with E-state index < -0.39 is 23.7 Å². The summed E-state index contributed by atoms with van der Waals surface area (Å²) in [6.45, 7) is 3.94. The van der Waals surface area contributed by atoms with Gasteiger partial charge in [0.25, 0.3) is 5.91 Å². The first kappa shape index (κ1) is 27.3. The molecule has 0 radical (unpaired) electrons. The largest absolute Gasteiger partial charge is 0.497 e. The maximum Gasteiger partial charge on any atom is 0.326 e. The summed E-state index contributed by atoms with van der Waals surface area (Å²) in [6.07, 6.45) is 3.93. The fourth-order valence-electron chi connectivity index (χ4n) is 4.30. The molecule has 1 amide bonds. The van der Waals surface area contributed by atoms with Crippen LogP contribution >= 0.6 is 0 Å². The van der Waals surface area contributed by atoms with E-state index >= 15 is 0 Å². The minimum Gasteiger partial charge on any atom is -0.497 e. The number of nitrogens with one attached hydrogen (secondary N) is 3. The average molecular weight is 532 g/mol. The van der Waals surface area contributed by atoms with E-state index in [1.54, 1.807) is 50.7 Å². The van der Waals surface area contributed by atoms with Crippen molar-refractivity contribution in [1.29, 1.82) is 0 Å². The van der Waals surface area contributed by atoms with E-state index in [0.717, 1.165) is 16.8 Å². The summed E-state index contributed by atoms with van der Waals surface area (Å²) in [4.78, 5) is 36.9. The van der Waals surface area contributed by atoms with Gasteiger partial charge in [0, 0.05) is 29.8 Å². The summed E-state index contributed by atoms with van der Waals surface area (Å²) < 4.78 is 19.0. The van der Waals surface area contributed by atoms with Crippen molar-refractivity contribution in [2.24, 2.45) is 0 Å². The van der Waals surface area contributed by atoms with Crippen LogP contribution in [0.3, 0.4) is 0 Å². The molecule has 4 rings (SSSR count). The molecule has 1 unspecified atom stereocenters. The first-order valence-corrected chi connectivity index (χ1v) is 12.5. The normalized spacial score (nSPS) is 11.6. The lowest BCUT2D eigenvalue weighted by Gasteiger charge is -2.17. The number of nitrogens with zero attached hydrogens (tertiary/aromatic N) is 2. The van der Waals surface area contributed by atoms with E-state index in [-0.39, 0.29) is 6.42 Å². The Hall–Kier alpha value is -4.73. The Morgan fingerprint density at radius 1 is 1.13 bits per heavy atom. The third kappa shape index (κ3) is 6.78. The van der Waals surface area contributed by atoms with Crippen molar-refractivity contribution in [3.63, 3.8) is 0 Å². The molecule has 1 atom stereocenters. The smallest absolute Gasteiger partial charge is 0.326 e. The molecule has 0 spiro atoms. The summed E-state index contributed by atoms with van der Waals surface area (Å²) in [5, 5.41) is 15.6. The van der Waals surface area contributed by atoms with Crippen molar-refractivity contribution in [3.8, 4) is 17.1 Å². The molecule has 0 saturated carbocycles. The van der Waals surface area contributed by atoms with E-state index in [1.807, 2.05) is 19.1 Å². The van der Waals surface area contributed by atoms with Crippen LogP contribution in [0.4, 0.5) is 10.2 Å². The van der Waals surface area contributed by atoms with E-state index in [9.17, 15) is 19.1 Å². The first-order valence-electron chi connectivity index (χ1n) is 12.5. The summed E-state index contributed by atoms with van der Waals surface area (Å²) >= 11 is 0. The van der Waals surface area contributed by atoms with Gasteiger partial charge in [0.1, 0.15) is 29.3 Å². The molecule has 9 nitrogen and oxygen atoms in total. The standard InChI is InChI=1S/C29H30FN5O4/c1-4-19-13-21(30)11-17(2)26(19)28(36)35-24(29(37)38)12-18-5-7-20(8-6-18)27-33-16-22(34-27)15-32-25-14-23(39-3)9-10-31-25/h5-11,13-14,16,24H,4,12,15H2,1-3H3,(H,31,32)(H,33,34)(H,35,36)(H,37,38). The van der Waals surface area contributed by atoms with Gasteiger partial charge in [0.05, 0.1) is 25.5 Å². The van der Waals surface area contributed by atoms with E-state index in [0.29, 0.717) is 47.0 Å². The number of anilines is 1. The highest BCUT2D eigenvalue weighted by molar-refractivity contribution is 5.99. The lowest BCUT2D eigenvalue weighted by molar-refractivity contribution is -0.139. The molecule has 0 aliphatic heterocycles. The van der Waals surface area contributed by atoms with Crippen LogP contribution in [0.1, 0.15) is 39.7 Å². The van der Waals surface area contributed by atoms with Crippen molar-refractivity contribution in [2.45, 2.75) is 39.3 Å². The van der Waals surface area contributed by atoms with Gasteiger partial charge in [0.15, 0.2) is 0 Å². The molecule has 0 aliphatic carbocycles. The number of methoxy groups -OCH3 is 1. The minimum absolute atomic E-state index is 0.0872. The number of imidazole rings is 1. The number of H-pyrrole nitrogens is 1. The quantitative estimate of drug-likeness (QED) is 0.224. The summed E-state index contributed by atoms with van der Waals surface area (Å²) in [5.74, 6) is -0.0639. The number of aryl methyl sites for hydroxylation is 2. The molecule has 0 fully saturated rings. The highest BCUT2D eigenvalue weighted by Gasteiger charge is 2.24. The highest BCUT2D eigenvalue weighted by Crippen LogP contribution is 2.20. The molecule has 39 heavy (non-hydrogen) atoms. The van der Waals surface area contributed by atoms with Gasteiger partial charge in [-0.2, -0.15) is 0 Å². The molecule has 202 valence electrons. The Morgan fingerprint density at radius 3 is 2.59 bits per heavy atom. The number of carbonyl (C=O) groups excluding carboxylic acids is 1. The fourth-order valence-corrected chi connectivity index (χ4v) is 4.30. The van der Waals surface area contributed by atoms with E-state index in [2.05, 4.69) is 25.6 Å². The van der Waals surface area contributed by atoms with Gasteiger partial charge in [0.2, 0.25) is 0 Å². The van der Waals surface area contributed by atoms with Gasteiger partial charge in [-0.05, 0) is 48.2 Å². The molecule has 0 bridgehead atoms. The zero-order valence-electron chi connectivity index (χ0n) is 21.9. The van der Waals surface area contributed by atoms with Gasteiger partial charge >= 0.3 is 5.97 Å². The van der Waals surface area contributed by atoms with Crippen LogP contribution in [0, 0.1) is 12.7 Å². The van der Waals surface area contributed by atoms with Crippen molar-refractivity contribution >= 4 is 17.7 Å². The maximum absolute atomic E-state index is 13.8. The van der Waals surface area contributed by atoms with Gasteiger partial charge in [-0.15, -0.1) is 0 Å². The Labute approximate surface area is 225 Å². The Bertz CT molecular complexity index is 1470. The number of ether oxygens (including phenoxy) is 1. The van der Waals surface area contributed by atoms with Crippen molar-refractivity contribution < 1.29 is 23.8 Å². The van der Waals surface area contributed by atoms with Crippen LogP contribution in [0.2, 0.25) is 0 Å². The van der Waals surface area contributed by atoms with Gasteiger partial charge in [-0.3, -0.25) is 4.79 Å². The number of rotatable bonds is 11. The third-order valence-electron chi connectivity index (χ3n) is 6.32. The summed E-state index contributed by atoms with van der Waals surface area (Å²) in [5.41, 5.74) is 3.73. The number of carboxylic acids is 1. The van der Waals surface area contributed by atoms with Crippen molar-refractivity contribution in [2.75, 3.05) is 12.4 Å². The van der Waals surface area contributed by atoms with E-state index in [1.165, 1.54) is 12.1 Å². The highest BCUT2D eigenvalue weighted by atomic mass is 19.1. The van der Waals surface area contributed by atoms with E-state index in [4.69, 9.17) is 4.74 Å². The second-order valence-electron chi connectivity index (χ2n) is 9.07. The van der Waals surface area contributed by atoms with Crippen LogP contribution in [0.5, 0.6) is 5.75 Å². The molecule has 4 aromatic rings. The van der Waals surface area contributed by atoms with Gasteiger partial charge in [-0.1, -0.05) is 31.2 Å². The number of aromatic nitrogens is 3. The molecule has 2 heterocycles. The topological polar surface area (TPSA) is 129 Å². The second kappa shape index (κ2) is 12.2. The number of aromatic amines is 1. The third-order valence-corrected chi connectivity index (χ3v) is 6.32. The molecule has 0 aliphatic rings. The zero-order valence-corrected chi connectivity index (χ0v) is 21.9. The van der Waals surface area contributed by atoms with Crippen LogP contribution in [-0.2, 0) is 24.2 Å². The van der Waals surface area contributed by atoms with Crippen molar-refractivity contribution in [1.82, 2.24) is 20.3 Å². The Morgan fingerprint density at radius 2 is 1.90 bits per heavy atom. The summed E-state index contributed by atoms with van der Waals surface area (Å²) in [7, 11) is 1.60. The monoisotopic (exact) mass is 531 g/mol. The molecule has 10 heteroatoms. The van der Waals surface area contributed by atoms with Crippen molar-refractivity contribution in [3.05, 3.63) is 94.7 Å². The number of amides is 1. The molecule has 4 N–H and O–H groups in total. The maximum atomic E-state index is 13.8. The number of benzene rings is 2. The van der Waals surface area contributed by atoms with Crippen LogP contribution in [0.15, 0.2) is 60.9 Å². The van der Waals surface area contributed by atoms with Gasteiger partial charge in [-0.25, -0.2) is 19.2 Å². The van der Waals surface area contributed by atoms with Gasteiger partial charge < -0.3 is 25.5 Å². The SMILES string of the molecule is CCc1cc(F)cc(C)c1C(=O)NC(Cc1ccc(-c2ncc(CNc3cc(OC)ccn3)[nH]2)cc1)C(=O)O. The molecule has 2 aromatic heterocycles. The number of pyridine rings is 1. The predicted octanol–water partition coefficient (Wildman–Crippen LogP) is 4.53. The minimum atomic E-state index is -1.15. The van der Waals surface area contributed by atoms with Crippen LogP contribution in [-0.4, -0.2) is 45.1 Å². The number of hydrogen-bond acceptors (Lipinski definition) is 6. The number of aliphatic carboxylic acids is 1. The molecule has 0 saturated heterocycles. The number of carboxylic acid groups (broad SMARTS) is 1. The Kier molecular flexibility index (Phi) is 8.55. The predicted molar refractivity (Wildman–Crippen MR) is 145 cm³/mol. The first-order chi connectivity index (χ1) is 18.8. The average Bonchev–Trinajstić information content (AvgIpc) is 3.40. The number of carbonyl (C=O) groups is 2. The number of halogens is 1. The summed E-state index contributed by atoms with van der Waals surface area (Å²) in [6, 6.07) is 12.3. The lowest BCUT2D eigenvalue weighted by atomic mass is 9.98. The number of hydrogen-bond donors (Lipinski definition) is 4.